The molecule has 2 aromatic rings. The minimum atomic E-state index is -0.168. The standard InChI is InChI=1S/C15H13BrClFN2/c16-11-7-14(15(17)19-8-11)20-13-5-10(6-13)9-2-1-3-12(18)4-9/h1-4,7-8,10,13,20H,5-6H2. The van der Waals surface area contributed by atoms with E-state index in [1.807, 2.05) is 12.1 Å². The van der Waals surface area contributed by atoms with E-state index in [2.05, 4.69) is 26.2 Å². The van der Waals surface area contributed by atoms with Gasteiger partial charge in [-0.15, -0.1) is 0 Å². The summed E-state index contributed by atoms with van der Waals surface area (Å²) >= 11 is 9.43. The topological polar surface area (TPSA) is 24.9 Å². The monoisotopic (exact) mass is 354 g/mol. The van der Waals surface area contributed by atoms with Gasteiger partial charge in [0.2, 0.25) is 0 Å². The van der Waals surface area contributed by atoms with Gasteiger partial charge in [0.25, 0.3) is 0 Å². The van der Waals surface area contributed by atoms with Crippen LogP contribution in [0.3, 0.4) is 0 Å². The van der Waals surface area contributed by atoms with Crippen LogP contribution in [0.25, 0.3) is 0 Å². The molecular weight excluding hydrogens is 343 g/mol. The summed E-state index contributed by atoms with van der Waals surface area (Å²) in [5.74, 6) is 0.250. The van der Waals surface area contributed by atoms with Crippen LogP contribution in [0.4, 0.5) is 10.1 Å². The molecule has 1 aromatic heterocycles. The van der Waals surface area contributed by atoms with Gasteiger partial charge in [-0.1, -0.05) is 23.7 Å². The van der Waals surface area contributed by atoms with Gasteiger partial charge >= 0.3 is 0 Å². The molecule has 0 spiro atoms. The predicted octanol–water partition coefficient (Wildman–Crippen LogP) is 4.99. The van der Waals surface area contributed by atoms with Gasteiger partial charge in [0.1, 0.15) is 5.82 Å². The average molecular weight is 356 g/mol. The first-order valence-corrected chi connectivity index (χ1v) is 7.62. The van der Waals surface area contributed by atoms with E-state index in [9.17, 15) is 4.39 Å². The number of pyridine rings is 1. The molecule has 1 aliphatic rings. The predicted molar refractivity (Wildman–Crippen MR) is 82.7 cm³/mol. The van der Waals surface area contributed by atoms with Crippen molar-refractivity contribution >= 4 is 33.2 Å². The second-order valence-corrected chi connectivity index (χ2v) is 6.33. The van der Waals surface area contributed by atoms with Gasteiger partial charge in [0.15, 0.2) is 5.15 Å². The summed E-state index contributed by atoms with van der Waals surface area (Å²) in [6, 6.07) is 9.12. The molecule has 0 atom stereocenters. The van der Waals surface area contributed by atoms with Crippen molar-refractivity contribution in [2.45, 2.75) is 24.8 Å². The molecule has 3 rings (SSSR count). The van der Waals surface area contributed by atoms with Crippen LogP contribution in [0.5, 0.6) is 0 Å². The lowest BCUT2D eigenvalue weighted by Gasteiger charge is -2.37. The zero-order chi connectivity index (χ0) is 14.1. The molecule has 2 nitrogen and oxygen atoms in total. The molecule has 1 aromatic carbocycles. The van der Waals surface area contributed by atoms with Crippen molar-refractivity contribution in [1.82, 2.24) is 4.98 Å². The van der Waals surface area contributed by atoms with Gasteiger partial charge in [-0.05, 0) is 58.5 Å². The second kappa shape index (κ2) is 5.70. The highest BCUT2D eigenvalue weighted by Gasteiger charge is 2.30. The highest BCUT2D eigenvalue weighted by atomic mass is 79.9. The molecule has 0 radical (unpaired) electrons. The van der Waals surface area contributed by atoms with Crippen LogP contribution in [-0.2, 0) is 0 Å². The number of anilines is 1. The highest BCUT2D eigenvalue weighted by molar-refractivity contribution is 9.10. The van der Waals surface area contributed by atoms with Crippen LogP contribution in [0.1, 0.15) is 24.3 Å². The number of nitrogens with zero attached hydrogens (tertiary/aromatic N) is 1. The molecule has 1 fully saturated rings. The van der Waals surface area contributed by atoms with Crippen LogP contribution in [0.15, 0.2) is 41.0 Å². The van der Waals surface area contributed by atoms with E-state index in [0.29, 0.717) is 17.1 Å². The number of aromatic nitrogens is 1. The lowest BCUT2D eigenvalue weighted by Crippen LogP contribution is -2.34. The Morgan fingerprint density at radius 3 is 2.85 bits per heavy atom. The normalized spacial score (nSPS) is 21.4. The van der Waals surface area contributed by atoms with E-state index in [1.54, 1.807) is 18.3 Å². The average Bonchev–Trinajstić information content (AvgIpc) is 2.37. The third-order valence-electron chi connectivity index (χ3n) is 3.62. The van der Waals surface area contributed by atoms with Crippen molar-refractivity contribution in [1.29, 1.82) is 0 Å². The first-order chi connectivity index (χ1) is 9.61. The zero-order valence-corrected chi connectivity index (χ0v) is 13.0. The number of benzene rings is 1. The Bertz CT molecular complexity index is 629. The van der Waals surface area contributed by atoms with Gasteiger partial charge in [0.05, 0.1) is 5.69 Å². The van der Waals surface area contributed by atoms with Crippen molar-refractivity contribution < 1.29 is 4.39 Å². The van der Waals surface area contributed by atoms with Crippen LogP contribution >= 0.6 is 27.5 Å². The third-order valence-corrected chi connectivity index (χ3v) is 4.36. The molecule has 0 aliphatic heterocycles. The van der Waals surface area contributed by atoms with E-state index >= 15 is 0 Å². The van der Waals surface area contributed by atoms with Crippen molar-refractivity contribution in [3.8, 4) is 0 Å². The number of hydrogen-bond donors (Lipinski definition) is 1. The highest BCUT2D eigenvalue weighted by Crippen LogP contribution is 2.39. The first-order valence-electron chi connectivity index (χ1n) is 6.45. The van der Waals surface area contributed by atoms with E-state index in [-0.39, 0.29) is 5.82 Å². The summed E-state index contributed by atoms with van der Waals surface area (Å²) in [7, 11) is 0. The first kappa shape index (κ1) is 13.8. The SMILES string of the molecule is Fc1cccc(C2CC(Nc3cc(Br)cnc3Cl)C2)c1. The van der Waals surface area contributed by atoms with Crippen LogP contribution in [-0.4, -0.2) is 11.0 Å². The lowest BCUT2D eigenvalue weighted by molar-refractivity contribution is 0.373. The smallest absolute Gasteiger partial charge is 0.152 e. The van der Waals surface area contributed by atoms with E-state index in [1.165, 1.54) is 6.07 Å². The molecular formula is C15H13BrClFN2. The van der Waals surface area contributed by atoms with Crippen molar-refractivity contribution in [2.24, 2.45) is 0 Å². The minimum absolute atomic E-state index is 0.168. The Morgan fingerprint density at radius 2 is 2.10 bits per heavy atom. The molecule has 1 heterocycles. The summed E-state index contributed by atoms with van der Waals surface area (Å²) in [6.07, 6.45) is 3.63. The van der Waals surface area contributed by atoms with Crippen LogP contribution < -0.4 is 5.32 Å². The number of hydrogen-bond acceptors (Lipinski definition) is 2. The van der Waals surface area contributed by atoms with Crippen molar-refractivity contribution in [3.05, 3.63) is 57.5 Å². The van der Waals surface area contributed by atoms with Crippen LogP contribution in [0, 0.1) is 5.82 Å². The fourth-order valence-corrected chi connectivity index (χ4v) is 3.00. The molecule has 1 aliphatic carbocycles. The quantitative estimate of drug-likeness (QED) is 0.784. The largest absolute Gasteiger partial charge is 0.380 e. The molecule has 104 valence electrons. The van der Waals surface area contributed by atoms with Gasteiger partial charge in [-0.3, -0.25) is 0 Å². The fraction of sp³-hybridized carbons (Fsp3) is 0.267. The van der Waals surface area contributed by atoms with E-state index in [0.717, 1.165) is 28.6 Å². The molecule has 0 saturated heterocycles. The lowest BCUT2D eigenvalue weighted by atomic mass is 9.76. The second-order valence-electron chi connectivity index (χ2n) is 5.06. The molecule has 5 heteroatoms. The summed E-state index contributed by atoms with van der Waals surface area (Å²) in [5.41, 5.74) is 1.91. The molecule has 1 N–H and O–H groups in total. The Hall–Kier alpha value is -1.13. The van der Waals surface area contributed by atoms with E-state index < -0.39 is 0 Å². The Morgan fingerprint density at radius 1 is 1.30 bits per heavy atom. The summed E-state index contributed by atoms with van der Waals surface area (Å²) in [4.78, 5) is 4.09. The van der Waals surface area contributed by atoms with Crippen molar-refractivity contribution in [3.63, 3.8) is 0 Å². The van der Waals surface area contributed by atoms with Gasteiger partial charge < -0.3 is 5.32 Å². The maximum atomic E-state index is 13.2. The summed E-state index contributed by atoms with van der Waals surface area (Å²) in [6.45, 7) is 0. The van der Waals surface area contributed by atoms with Gasteiger partial charge in [-0.25, -0.2) is 9.37 Å². The Balaban J connectivity index is 1.62. The molecule has 1 saturated carbocycles. The fourth-order valence-electron chi connectivity index (χ4n) is 2.51. The maximum absolute atomic E-state index is 13.2. The zero-order valence-electron chi connectivity index (χ0n) is 10.6. The molecule has 0 amide bonds. The molecule has 20 heavy (non-hydrogen) atoms. The number of rotatable bonds is 3. The Kier molecular flexibility index (Phi) is 3.94. The van der Waals surface area contributed by atoms with Crippen LogP contribution in [0.2, 0.25) is 5.15 Å². The summed E-state index contributed by atoms with van der Waals surface area (Å²) < 4.78 is 14.1. The summed E-state index contributed by atoms with van der Waals surface area (Å²) in [5, 5.41) is 3.86. The van der Waals surface area contributed by atoms with Gasteiger partial charge in [-0.2, -0.15) is 0 Å². The van der Waals surface area contributed by atoms with E-state index in [4.69, 9.17) is 11.6 Å². The molecule has 0 bridgehead atoms. The maximum Gasteiger partial charge on any atom is 0.152 e. The van der Waals surface area contributed by atoms with Gasteiger partial charge in [0, 0.05) is 16.7 Å². The Labute approximate surface area is 130 Å². The number of halogens is 3. The third kappa shape index (κ3) is 2.96. The van der Waals surface area contributed by atoms with Crippen molar-refractivity contribution in [2.75, 3.05) is 5.32 Å². The number of nitrogens with one attached hydrogen (secondary N) is 1. The molecule has 0 unspecified atom stereocenters. The minimum Gasteiger partial charge on any atom is -0.380 e.